The van der Waals surface area contributed by atoms with E-state index in [1.165, 1.54) is 23.7 Å². The van der Waals surface area contributed by atoms with E-state index in [0.29, 0.717) is 11.3 Å². The number of rotatable bonds is 6. The van der Waals surface area contributed by atoms with Crippen molar-refractivity contribution in [2.75, 3.05) is 0 Å². The van der Waals surface area contributed by atoms with Crippen LogP contribution < -0.4 is 0 Å². The SMILES string of the molecule is O=C(O)C(Cc1ccc(-c2csnn2)cc1)(C(=O)O)C(=O)O. The molecule has 0 bridgehead atoms. The molecule has 22 heavy (non-hydrogen) atoms. The molecule has 0 aliphatic heterocycles. The van der Waals surface area contributed by atoms with Gasteiger partial charge in [-0.15, -0.1) is 5.10 Å². The summed E-state index contributed by atoms with van der Waals surface area (Å²) >= 11 is 1.17. The number of carboxylic acids is 3. The summed E-state index contributed by atoms with van der Waals surface area (Å²) in [7, 11) is 0. The Bertz CT molecular complexity index is 675. The zero-order valence-electron chi connectivity index (χ0n) is 11.0. The summed E-state index contributed by atoms with van der Waals surface area (Å²) < 4.78 is 3.71. The lowest BCUT2D eigenvalue weighted by molar-refractivity contribution is -0.175. The molecule has 0 spiro atoms. The topological polar surface area (TPSA) is 138 Å². The first-order valence-corrected chi connectivity index (χ1v) is 6.78. The molecule has 9 heteroatoms. The van der Waals surface area contributed by atoms with E-state index in [0.717, 1.165) is 0 Å². The van der Waals surface area contributed by atoms with Gasteiger partial charge in [0.15, 0.2) is 0 Å². The van der Waals surface area contributed by atoms with Crippen LogP contribution in [0.15, 0.2) is 29.6 Å². The van der Waals surface area contributed by atoms with E-state index in [9.17, 15) is 14.4 Å². The van der Waals surface area contributed by atoms with Crippen LogP contribution in [0.4, 0.5) is 0 Å². The van der Waals surface area contributed by atoms with Crippen LogP contribution in [0.25, 0.3) is 11.3 Å². The first kappa shape index (κ1) is 15.6. The highest BCUT2D eigenvalue weighted by molar-refractivity contribution is 7.03. The standard InChI is InChI=1S/C13H10N2O6S/c16-10(17)13(11(18)19,12(20)21)5-7-1-3-8(4-2-7)9-6-22-15-14-9/h1-4,6H,5H2,(H,16,17)(H,18,19)(H,20,21). The largest absolute Gasteiger partial charge is 0.480 e. The van der Waals surface area contributed by atoms with Gasteiger partial charge in [-0.2, -0.15) is 0 Å². The lowest BCUT2D eigenvalue weighted by atomic mass is 9.81. The minimum Gasteiger partial charge on any atom is -0.480 e. The summed E-state index contributed by atoms with van der Waals surface area (Å²) in [4.78, 5) is 33.6. The van der Waals surface area contributed by atoms with Gasteiger partial charge in [-0.05, 0) is 17.1 Å². The van der Waals surface area contributed by atoms with Gasteiger partial charge >= 0.3 is 17.9 Å². The Morgan fingerprint density at radius 3 is 1.95 bits per heavy atom. The molecule has 0 atom stereocenters. The Labute approximate surface area is 127 Å². The second-order valence-corrected chi connectivity index (χ2v) is 5.09. The number of aliphatic carboxylic acids is 3. The van der Waals surface area contributed by atoms with Crippen molar-refractivity contribution < 1.29 is 29.7 Å². The molecule has 1 heterocycles. The van der Waals surface area contributed by atoms with Crippen molar-refractivity contribution in [3.63, 3.8) is 0 Å². The van der Waals surface area contributed by atoms with Crippen LogP contribution in [0.2, 0.25) is 0 Å². The maximum atomic E-state index is 11.2. The molecule has 0 radical (unpaired) electrons. The Balaban J connectivity index is 2.33. The van der Waals surface area contributed by atoms with E-state index in [1.54, 1.807) is 17.5 Å². The molecule has 0 amide bonds. The smallest absolute Gasteiger partial charge is 0.333 e. The quantitative estimate of drug-likeness (QED) is 0.669. The third-order valence-corrected chi connectivity index (χ3v) is 3.68. The van der Waals surface area contributed by atoms with Crippen molar-refractivity contribution in [2.45, 2.75) is 6.42 Å². The van der Waals surface area contributed by atoms with Gasteiger partial charge in [0.05, 0.1) is 0 Å². The van der Waals surface area contributed by atoms with Crippen molar-refractivity contribution in [3.8, 4) is 11.3 Å². The van der Waals surface area contributed by atoms with Crippen LogP contribution >= 0.6 is 11.5 Å². The van der Waals surface area contributed by atoms with E-state index in [4.69, 9.17) is 15.3 Å². The predicted molar refractivity (Wildman–Crippen MR) is 74.4 cm³/mol. The highest BCUT2D eigenvalue weighted by Gasteiger charge is 2.54. The maximum absolute atomic E-state index is 11.2. The number of benzene rings is 1. The van der Waals surface area contributed by atoms with Gasteiger partial charge in [-0.3, -0.25) is 14.4 Å². The lowest BCUT2D eigenvalue weighted by Crippen LogP contribution is -2.48. The summed E-state index contributed by atoms with van der Waals surface area (Å²) in [5, 5.41) is 32.7. The summed E-state index contributed by atoms with van der Waals surface area (Å²) in [6.07, 6.45) is -0.664. The van der Waals surface area contributed by atoms with Crippen LogP contribution in [0.5, 0.6) is 0 Å². The van der Waals surface area contributed by atoms with Gasteiger partial charge in [0.1, 0.15) is 5.69 Å². The number of carboxylic acid groups (broad SMARTS) is 3. The molecule has 0 saturated heterocycles. The third-order valence-electron chi connectivity index (χ3n) is 3.17. The van der Waals surface area contributed by atoms with Crippen molar-refractivity contribution in [1.29, 1.82) is 0 Å². The average Bonchev–Trinajstić information content (AvgIpc) is 2.98. The molecule has 0 saturated carbocycles. The zero-order chi connectivity index (χ0) is 16.3. The maximum Gasteiger partial charge on any atom is 0.333 e. The average molecular weight is 322 g/mol. The molecule has 0 aliphatic carbocycles. The van der Waals surface area contributed by atoms with Crippen LogP contribution in [-0.4, -0.2) is 42.8 Å². The van der Waals surface area contributed by atoms with Crippen LogP contribution in [-0.2, 0) is 20.8 Å². The second-order valence-electron chi connectivity index (χ2n) is 4.48. The normalized spacial score (nSPS) is 11.1. The molecule has 0 aliphatic rings. The molecule has 3 N–H and O–H groups in total. The molecular weight excluding hydrogens is 312 g/mol. The first-order chi connectivity index (χ1) is 10.4. The van der Waals surface area contributed by atoms with Crippen molar-refractivity contribution in [1.82, 2.24) is 9.59 Å². The summed E-state index contributed by atoms with van der Waals surface area (Å²) in [6, 6.07) is 6.14. The Hall–Kier alpha value is -2.81. The molecule has 0 unspecified atom stereocenters. The fraction of sp³-hybridized carbons (Fsp3) is 0.154. The molecule has 2 rings (SSSR count). The molecule has 114 valence electrons. The van der Waals surface area contributed by atoms with Crippen molar-refractivity contribution in [2.24, 2.45) is 5.41 Å². The van der Waals surface area contributed by atoms with Gasteiger partial charge in [0.25, 0.3) is 5.41 Å². The fourth-order valence-corrected chi connectivity index (χ4v) is 2.36. The van der Waals surface area contributed by atoms with Gasteiger partial charge < -0.3 is 15.3 Å². The van der Waals surface area contributed by atoms with Crippen molar-refractivity contribution >= 4 is 29.4 Å². The minimum absolute atomic E-state index is 0.277. The summed E-state index contributed by atoms with van der Waals surface area (Å²) in [5.74, 6) is -5.75. The number of aromatic nitrogens is 2. The van der Waals surface area contributed by atoms with E-state index >= 15 is 0 Å². The molecule has 1 aromatic heterocycles. The molecule has 8 nitrogen and oxygen atoms in total. The predicted octanol–water partition coefficient (Wildman–Crippen LogP) is 0.988. The summed E-state index contributed by atoms with van der Waals surface area (Å²) in [5.41, 5.74) is -1.30. The van der Waals surface area contributed by atoms with Crippen LogP contribution in [0, 0.1) is 5.41 Å². The third kappa shape index (κ3) is 2.66. The van der Waals surface area contributed by atoms with Crippen LogP contribution in [0.3, 0.4) is 0 Å². The van der Waals surface area contributed by atoms with Gasteiger partial charge in [0.2, 0.25) is 0 Å². The van der Waals surface area contributed by atoms with Gasteiger partial charge in [-0.1, -0.05) is 28.8 Å². The number of hydrogen-bond acceptors (Lipinski definition) is 6. The van der Waals surface area contributed by atoms with E-state index in [2.05, 4.69) is 9.59 Å². The Morgan fingerprint density at radius 2 is 1.55 bits per heavy atom. The van der Waals surface area contributed by atoms with E-state index < -0.39 is 29.7 Å². The lowest BCUT2D eigenvalue weighted by Gasteiger charge is -2.20. The number of nitrogens with zero attached hydrogens (tertiary/aromatic N) is 2. The Morgan fingerprint density at radius 1 is 1.00 bits per heavy atom. The monoisotopic (exact) mass is 322 g/mol. The molecule has 0 fully saturated rings. The van der Waals surface area contributed by atoms with Gasteiger partial charge in [-0.25, -0.2) is 0 Å². The summed E-state index contributed by atoms with van der Waals surface area (Å²) in [6.45, 7) is 0. The molecule has 2 aromatic rings. The fourth-order valence-electron chi connectivity index (χ4n) is 1.89. The second kappa shape index (κ2) is 5.90. The zero-order valence-corrected chi connectivity index (χ0v) is 11.8. The Kier molecular flexibility index (Phi) is 4.18. The number of carbonyl (C=O) groups is 3. The van der Waals surface area contributed by atoms with Crippen LogP contribution in [0.1, 0.15) is 5.56 Å². The highest BCUT2D eigenvalue weighted by atomic mass is 32.1. The van der Waals surface area contributed by atoms with E-state index in [-0.39, 0.29) is 5.56 Å². The minimum atomic E-state index is -2.91. The molecule has 1 aromatic carbocycles. The van der Waals surface area contributed by atoms with E-state index in [1.807, 2.05) is 0 Å². The molecular formula is C13H10N2O6S. The first-order valence-electron chi connectivity index (χ1n) is 5.94. The van der Waals surface area contributed by atoms with Gasteiger partial charge in [0, 0.05) is 17.4 Å². The highest BCUT2D eigenvalue weighted by Crippen LogP contribution is 2.26. The number of hydrogen-bond donors (Lipinski definition) is 3. The van der Waals surface area contributed by atoms with Crippen molar-refractivity contribution in [3.05, 3.63) is 35.2 Å².